The molecule has 0 radical (unpaired) electrons. The van der Waals surface area contributed by atoms with Gasteiger partial charge in [0.1, 0.15) is 0 Å². The van der Waals surface area contributed by atoms with Crippen molar-refractivity contribution in [1.29, 1.82) is 0 Å². The van der Waals surface area contributed by atoms with E-state index in [-0.39, 0.29) is 0 Å². The van der Waals surface area contributed by atoms with Crippen LogP contribution in [0.5, 0.6) is 0 Å². The minimum atomic E-state index is 0.737. The maximum absolute atomic E-state index is 2.62. The second-order valence-electron chi connectivity index (χ2n) is 8.48. The molecule has 2 fully saturated rings. The van der Waals surface area contributed by atoms with E-state index in [2.05, 4.69) is 13.8 Å². The minimum absolute atomic E-state index is 0.737. The highest BCUT2D eigenvalue weighted by Gasteiger charge is 2.50. The molecule has 0 heteroatoms. The van der Waals surface area contributed by atoms with E-state index < -0.39 is 0 Å². The van der Waals surface area contributed by atoms with Gasteiger partial charge in [0.2, 0.25) is 0 Å². The summed E-state index contributed by atoms with van der Waals surface area (Å²) in [6.07, 6.45) is 15.1. The van der Waals surface area contributed by atoms with Crippen LogP contribution in [-0.2, 0) is 0 Å². The first-order chi connectivity index (χ1) is 9.17. The number of rotatable bonds is 0. The third-order valence-electron chi connectivity index (χ3n) is 7.40. The normalized spacial score (nSPS) is 49.6. The summed E-state index contributed by atoms with van der Waals surface area (Å²) in [5.74, 6) is 4.15. The first-order valence-corrected chi connectivity index (χ1v) is 8.88. The average molecular weight is 258 g/mol. The van der Waals surface area contributed by atoms with Crippen LogP contribution in [0.4, 0.5) is 0 Å². The number of hydrogen-bond acceptors (Lipinski definition) is 0. The Balaban J connectivity index is 1.64. The van der Waals surface area contributed by atoms with Gasteiger partial charge in [0, 0.05) is 0 Å². The Labute approximate surface area is 119 Å². The molecule has 0 spiro atoms. The van der Waals surface area contributed by atoms with Crippen LogP contribution in [-0.4, -0.2) is 0 Å². The quantitative estimate of drug-likeness (QED) is 0.487. The Morgan fingerprint density at radius 3 is 2.79 bits per heavy atom. The first-order valence-electron chi connectivity index (χ1n) is 8.88. The van der Waals surface area contributed by atoms with E-state index in [1.165, 1.54) is 57.8 Å². The van der Waals surface area contributed by atoms with Crippen molar-refractivity contribution in [2.24, 2.45) is 29.1 Å². The Kier molecular flexibility index (Phi) is 2.87. The van der Waals surface area contributed by atoms with Gasteiger partial charge in [-0.1, -0.05) is 31.4 Å². The van der Waals surface area contributed by atoms with Gasteiger partial charge in [0.05, 0.1) is 0 Å². The molecule has 0 bridgehead atoms. The predicted octanol–water partition coefficient (Wildman–Crippen LogP) is 5.73. The largest absolute Gasteiger partial charge is 0.0704 e. The van der Waals surface area contributed by atoms with E-state index in [0.29, 0.717) is 0 Å². The van der Waals surface area contributed by atoms with E-state index >= 15 is 0 Å². The first kappa shape index (κ1) is 12.5. The number of allylic oxidation sites excluding steroid dienone is 2. The summed E-state index contributed by atoms with van der Waals surface area (Å²) in [6.45, 7) is 5.08. The van der Waals surface area contributed by atoms with Crippen LogP contribution in [0.2, 0.25) is 0 Å². The van der Waals surface area contributed by atoms with Gasteiger partial charge in [-0.15, -0.1) is 0 Å². The molecule has 0 aliphatic heterocycles. The summed E-state index contributed by atoms with van der Waals surface area (Å²) in [5, 5.41) is 0. The summed E-state index contributed by atoms with van der Waals surface area (Å²) in [4.78, 5) is 0. The molecule has 0 heterocycles. The SMILES string of the molecule is C[C@H]1CCC2=C(CCC3C2CC[C@]2(C)CCCC32)C1. The Morgan fingerprint density at radius 2 is 1.89 bits per heavy atom. The van der Waals surface area contributed by atoms with E-state index in [0.717, 1.165) is 29.1 Å². The van der Waals surface area contributed by atoms with Crippen molar-refractivity contribution in [1.82, 2.24) is 0 Å². The van der Waals surface area contributed by atoms with Crippen LogP contribution < -0.4 is 0 Å². The highest BCUT2D eigenvalue weighted by atomic mass is 14.6. The molecule has 0 nitrogen and oxygen atoms in total. The zero-order chi connectivity index (χ0) is 13.0. The van der Waals surface area contributed by atoms with Crippen molar-refractivity contribution in [2.75, 3.05) is 0 Å². The van der Waals surface area contributed by atoms with Crippen molar-refractivity contribution >= 4 is 0 Å². The minimum Gasteiger partial charge on any atom is -0.0704 e. The summed E-state index contributed by atoms with van der Waals surface area (Å²) in [6, 6.07) is 0. The van der Waals surface area contributed by atoms with Crippen molar-refractivity contribution in [3.8, 4) is 0 Å². The topological polar surface area (TPSA) is 0 Å². The lowest BCUT2D eigenvalue weighted by atomic mass is 9.54. The molecule has 19 heavy (non-hydrogen) atoms. The molecule has 106 valence electrons. The van der Waals surface area contributed by atoms with Gasteiger partial charge >= 0.3 is 0 Å². The van der Waals surface area contributed by atoms with Gasteiger partial charge in [-0.05, 0) is 86.9 Å². The summed E-state index contributed by atoms with van der Waals surface area (Å²) in [5.41, 5.74) is 4.63. The van der Waals surface area contributed by atoms with Crippen molar-refractivity contribution in [3.05, 3.63) is 11.1 Å². The molecular weight excluding hydrogens is 228 g/mol. The summed E-state index contributed by atoms with van der Waals surface area (Å²) >= 11 is 0. The van der Waals surface area contributed by atoms with Crippen molar-refractivity contribution < 1.29 is 0 Å². The van der Waals surface area contributed by atoms with Gasteiger partial charge in [0.15, 0.2) is 0 Å². The van der Waals surface area contributed by atoms with Gasteiger partial charge in [-0.2, -0.15) is 0 Å². The fourth-order valence-corrected chi connectivity index (χ4v) is 6.40. The van der Waals surface area contributed by atoms with Crippen LogP contribution in [0.1, 0.15) is 78.1 Å². The fraction of sp³-hybridized carbons (Fsp3) is 0.895. The lowest BCUT2D eigenvalue weighted by Gasteiger charge is -2.51. The van der Waals surface area contributed by atoms with Crippen LogP contribution in [0.25, 0.3) is 0 Å². The van der Waals surface area contributed by atoms with E-state index in [1.807, 2.05) is 11.1 Å². The molecule has 2 saturated carbocycles. The third kappa shape index (κ3) is 1.85. The summed E-state index contributed by atoms with van der Waals surface area (Å²) in [7, 11) is 0. The molecule has 0 aromatic heterocycles. The highest BCUT2D eigenvalue weighted by molar-refractivity contribution is 5.26. The second kappa shape index (κ2) is 4.37. The Morgan fingerprint density at radius 1 is 1.00 bits per heavy atom. The third-order valence-corrected chi connectivity index (χ3v) is 7.40. The maximum atomic E-state index is 2.62. The zero-order valence-electron chi connectivity index (χ0n) is 12.9. The molecule has 5 atom stereocenters. The fourth-order valence-electron chi connectivity index (χ4n) is 6.40. The Bertz CT molecular complexity index is 404. The summed E-state index contributed by atoms with van der Waals surface area (Å²) < 4.78 is 0. The number of fused-ring (bicyclic) bond motifs is 4. The van der Waals surface area contributed by atoms with Gasteiger partial charge in [0.25, 0.3) is 0 Å². The Hall–Kier alpha value is -0.260. The van der Waals surface area contributed by atoms with E-state index in [4.69, 9.17) is 0 Å². The average Bonchev–Trinajstić information content (AvgIpc) is 2.79. The lowest BCUT2D eigenvalue weighted by molar-refractivity contribution is 0.0402. The molecular formula is C19H30. The van der Waals surface area contributed by atoms with Crippen LogP contribution >= 0.6 is 0 Å². The van der Waals surface area contributed by atoms with Crippen molar-refractivity contribution in [2.45, 2.75) is 78.1 Å². The smallest absolute Gasteiger partial charge is 0.0169 e. The molecule has 4 aliphatic carbocycles. The molecule has 0 amide bonds. The highest BCUT2D eigenvalue weighted by Crippen LogP contribution is 2.61. The molecule has 0 aromatic carbocycles. The molecule has 3 unspecified atom stereocenters. The van der Waals surface area contributed by atoms with Gasteiger partial charge in [-0.25, -0.2) is 0 Å². The molecule has 4 rings (SSSR count). The van der Waals surface area contributed by atoms with Gasteiger partial charge in [-0.3, -0.25) is 0 Å². The molecule has 0 N–H and O–H groups in total. The van der Waals surface area contributed by atoms with Crippen LogP contribution in [0, 0.1) is 29.1 Å². The lowest BCUT2D eigenvalue weighted by Crippen LogP contribution is -2.41. The molecule has 0 saturated heterocycles. The van der Waals surface area contributed by atoms with Crippen LogP contribution in [0.3, 0.4) is 0 Å². The molecule has 4 aliphatic rings. The van der Waals surface area contributed by atoms with Gasteiger partial charge < -0.3 is 0 Å². The maximum Gasteiger partial charge on any atom is -0.0169 e. The standard InChI is InChI=1S/C19H30/c1-13-5-7-15-14(12-13)6-8-17-16(15)9-11-19(2)10-3-4-18(17)19/h13,16-18H,3-12H2,1-2H3/t13-,16?,17?,18?,19-/m0/s1. The van der Waals surface area contributed by atoms with E-state index in [1.54, 1.807) is 6.42 Å². The zero-order valence-corrected chi connectivity index (χ0v) is 12.9. The van der Waals surface area contributed by atoms with Crippen molar-refractivity contribution in [3.63, 3.8) is 0 Å². The van der Waals surface area contributed by atoms with Crippen LogP contribution in [0.15, 0.2) is 11.1 Å². The molecule has 0 aromatic rings. The monoisotopic (exact) mass is 258 g/mol. The second-order valence-corrected chi connectivity index (χ2v) is 8.48. The number of hydrogen-bond donors (Lipinski definition) is 0. The van der Waals surface area contributed by atoms with E-state index in [9.17, 15) is 0 Å². The predicted molar refractivity (Wildman–Crippen MR) is 80.9 cm³/mol.